The highest BCUT2D eigenvalue weighted by molar-refractivity contribution is 6.42. The number of aliphatic hydroxyl groups is 1. The second kappa shape index (κ2) is 8.20. The van der Waals surface area contributed by atoms with E-state index in [2.05, 4.69) is 34.6 Å². The first-order valence-corrected chi connectivity index (χ1v) is 9.59. The highest BCUT2D eigenvalue weighted by Gasteiger charge is 2.22. The molecule has 1 aromatic heterocycles. The fourth-order valence-electron chi connectivity index (χ4n) is 2.86. The van der Waals surface area contributed by atoms with E-state index in [-0.39, 0.29) is 17.6 Å². The largest absolute Gasteiger partial charge is 0.491 e. The van der Waals surface area contributed by atoms with Crippen LogP contribution in [0, 0.1) is 11.3 Å². The molecule has 0 radical (unpaired) electrons. The minimum Gasteiger partial charge on any atom is -0.491 e. The normalized spacial score (nSPS) is 12.2. The van der Waals surface area contributed by atoms with Crippen LogP contribution in [0.3, 0.4) is 0 Å². The van der Waals surface area contributed by atoms with Crippen molar-refractivity contribution in [2.75, 3.05) is 13.2 Å². The number of aromatic nitrogens is 1. The minimum atomic E-state index is -0.145. The van der Waals surface area contributed by atoms with Crippen molar-refractivity contribution in [3.63, 3.8) is 0 Å². The number of fused-ring (bicyclic) bond motifs is 1. The Morgan fingerprint density at radius 2 is 1.73 bits per heavy atom. The molecule has 1 aromatic carbocycles. The number of hydrogen-bond acceptors (Lipinski definition) is 3. The number of hydrogen-bond donors (Lipinski definition) is 1. The van der Waals surface area contributed by atoms with Gasteiger partial charge in [-0.2, -0.15) is 0 Å². The summed E-state index contributed by atoms with van der Waals surface area (Å²) >= 11 is 12.4. The average molecular weight is 400 g/mol. The van der Waals surface area contributed by atoms with Crippen molar-refractivity contribution >= 4 is 34.0 Å². The van der Waals surface area contributed by atoms with E-state index in [1.54, 1.807) is 16.7 Å². The highest BCUT2D eigenvalue weighted by Crippen LogP contribution is 2.35. The number of aliphatic hydroxyl groups excluding tert-OH is 1. The molecule has 26 heavy (non-hydrogen) atoms. The Morgan fingerprint density at radius 3 is 2.23 bits per heavy atom. The summed E-state index contributed by atoms with van der Waals surface area (Å²) in [5, 5.41) is 11.4. The van der Waals surface area contributed by atoms with Gasteiger partial charge in [0.05, 0.1) is 27.7 Å². The molecule has 0 amide bonds. The van der Waals surface area contributed by atoms with Gasteiger partial charge in [0.2, 0.25) is 0 Å². The van der Waals surface area contributed by atoms with Gasteiger partial charge >= 0.3 is 0 Å². The van der Waals surface area contributed by atoms with Gasteiger partial charge in [-0.3, -0.25) is 4.79 Å². The molecule has 0 unspecified atom stereocenters. The van der Waals surface area contributed by atoms with Crippen LogP contribution in [0.15, 0.2) is 16.9 Å². The van der Waals surface area contributed by atoms with Gasteiger partial charge in [0.25, 0.3) is 5.56 Å². The Kier molecular flexibility index (Phi) is 6.65. The zero-order valence-electron chi connectivity index (χ0n) is 16.0. The van der Waals surface area contributed by atoms with Crippen LogP contribution in [0.5, 0.6) is 5.75 Å². The van der Waals surface area contributed by atoms with Crippen LogP contribution < -0.4 is 10.3 Å². The molecule has 0 saturated heterocycles. The number of halogens is 2. The smallest absolute Gasteiger partial charge is 0.258 e. The van der Waals surface area contributed by atoms with Crippen LogP contribution in [0.25, 0.3) is 10.8 Å². The molecule has 0 saturated carbocycles. The molecular formula is C20H27Cl2NO3. The lowest BCUT2D eigenvalue weighted by Gasteiger charge is -2.25. The van der Waals surface area contributed by atoms with Crippen LogP contribution in [0.1, 0.15) is 40.3 Å². The van der Waals surface area contributed by atoms with Gasteiger partial charge in [-0.15, -0.1) is 0 Å². The molecule has 2 rings (SSSR count). The quantitative estimate of drug-likeness (QED) is 0.749. The SMILES string of the molecule is CC(C)COc1c(CCO)n(CC(C)(C)C)c(=O)c2cc(Cl)c(Cl)cc12. The number of ether oxygens (including phenoxy) is 1. The molecule has 2 aromatic rings. The third-order valence-corrected chi connectivity index (χ3v) is 4.63. The van der Waals surface area contributed by atoms with Crippen LogP contribution in [-0.4, -0.2) is 22.9 Å². The predicted molar refractivity (Wildman–Crippen MR) is 109 cm³/mol. The molecule has 0 aliphatic heterocycles. The summed E-state index contributed by atoms with van der Waals surface area (Å²) in [5.74, 6) is 0.919. The Balaban J connectivity index is 2.86. The van der Waals surface area contributed by atoms with Crippen molar-refractivity contribution in [2.45, 2.75) is 47.6 Å². The van der Waals surface area contributed by atoms with Gasteiger partial charge in [0.1, 0.15) is 5.75 Å². The molecular weight excluding hydrogens is 373 g/mol. The first-order valence-electron chi connectivity index (χ1n) is 8.83. The number of pyridine rings is 1. The van der Waals surface area contributed by atoms with Crippen LogP contribution >= 0.6 is 23.2 Å². The van der Waals surface area contributed by atoms with E-state index in [1.807, 2.05) is 0 Å². The molecule has 0 bridgehead atoms. The molecule has 6 heteroatoms. The van der Waals surface area contributed by atoms with E-state index in [4.69, 9.17) is 27.9 Å². The van der Waals surface area contributed by atoms with Crippen LogP contribution in [-0.2, 0) is 13.0 Å². The van der Waals surface area contributed by atoms with Crippen molar-refractivity contribution in [1.29, 1.82) is 0 Å². The topological polar surface area (TPSA) is 51.5 Å². The third-order valence-electron chi connectivity index (χ3n) is 3.91. The molecule has 144 valence electrons. The Hall–Kier alpha value is -1.23. The maximum absolute atomic E-state index is 13.2. The lowest BCUT2D eigenvalue weighted by Crippen LogP contribution is -2.31. The molecule has 0 aliphatic rings. The Morgan fingerprint density at radius 1 is 1.15 bits per heavy atom. The fraction of sp³-hybridized carbons (Fsp3) is 0.550. The number of nitrogens with zero attached hydrogens (tertiary/aromatic N) is 1. The summed E-state index contributed by atoms with van der Waals surface area (Å²) in [6.07, 6.45) is 0.328. The first kappa shape index (κ1) is 21.1. The standard InChI is InChI=1S/C20H27Cl2NO3/c1-12(2)10-26-18-13-8-15(21)16(22)9-14(13)19(25)23(11-20(3,4)5)17(18)6-7-24/h8-9,12,24H,6-7,10-11H2,1-5H3. The zero-order valence-corrected chi connectivity index (χ0v) is 17.5. The lowest BCUT2D eigenvalue weighted by molar-refractivity contribution is 0.254. The lowest BCUT2D eigenvalue weighted by atomic mass is 9.96. The molecule has 0 aliphatic carbocycles. The van der Waals surface area contributed by atoms with Gasteiger partial charge in [0.15, 0.2) is 0 Å². The van der Waals surface area contributed by atoms with Crippen LogP contribution in [0.2, 0.25) is 10.0 Å². The van der Waals surface area contributed by atoms with Gasteiger partial charge in [0, 0.05) is 25.0 Å². The second-order valence-electron chi connectivity index (χ2n) is 8.22. The summed E-state index contributed by atoms with van der Waals surface area (Å²) in [7, 11) is 0. The number of rotatable bonds is 6. The van der Waals surface area contributed by atoms with E-state index in [0.717, 1.165) is 0 Å². The molecule has 0 fully saturated rings. The molecule has 1 heterocycles. The third kappa shape index (κ3) is 4.73. The monoisotopic (exact) mass is 399 g/mol. The summed E-state index contributed by atoms with van der Waals surface area (Å²) < 4.78 is 7.80. The first-order chi connectivity index (χ1) is 12.0. The van der Waals surface area contributed by atoms with E-state index in [0.29, 0.717) is 57.8 Å². The Bertz CT molecular complexity index is 851. The summed E-state index contributed by atoms with van der Waals surface area (Å²) in [5.41, 5.74) is 0.431. The summed E-state index contributed by atoms with van der Waals surface area (Å²) in [4.78, 5) is 13.2. The molecule has 4 nitrogen and oxygen atoms in total. The average Bonchev–Trinajstić information content (AvgIpc) is 2.52. The van der Waals surface area contributed by atoms with Crippen LogP contribution in [0.4, 0.5) is 0 Å². The summed E-state index contributed by atoms with van der Waals surface area (Å²) in [6.45, 7) is 11.2. The maximum atomic E-state index is 13.2. The van der Waals surface area contributed by atoms with Crippen molar-refractivity contribution in [1.82, 2.24) is 4.57 Å². The van der Waals surface area contributed by atoms with Crippen molar-refractivity contribution < 1.29 is 9.84 Å². The predicted octanol–water partition coefficient (Wildman–Crippen LogP) is 4.92. The van der Waals surface area contributed by atoms with Gasteiger partial charge in [-0.05, 0) is 23.5 Å². The van der Waals surface area contributed by atoms with E-state index >= 15 is 0 Å². The zero-order chi connectivity index (χ0) is 19.6. The highest BCUT2D eigenvalue weighted by atomic mass is 35.5. The van der Waals surface area contributed by atoms with Gasteiger partial charge in [-0.25, -0.2) is 0 Å². The maximum Gasteiger partial charge on any atom is 0.258 e. The minimum absolute atomic E-state index is 0.0750. The van der Waals surface area contributed by atoms with E-state index in [9.17, 15) is 9.90 Å². The van der Waals surface area contributed by atoms with Crippen molar-refractivity contribution in [3.05, 3.63) is 38.2 Å². The fourth-order valence-corrected chi connectivity index (χ4v) is 3.19. The van der Waals surface area contributed by atoms with Gasteiger partial charge < -0.3 is 14.4 Å². The van der Waals surface area contributed by atoms with Gasteiger partial charge in [-0.1, -0.05) is 57.8 Å². The second-order valence-corrected chi connectivity index (χ2v) is 9.03. The molecule has 0 atom stereocenters. The van der Waals surface area contributed by atoms with E-state index in [1.165, 1.54) is 0 Å². The molecule has 1 N–H and O–H groups in total. The van der Waals surface area contributed by atoms with Crippen molar-refractivity contribution in [3.8, 4) is 5.75 Å². The number of benzene rings is 1. The molecule has 0 spiro atoms. The van der Waals surface area contributed by atoms with Crippen molar-refractivity contribution in [2.24, 2.45) is 11.3 Å². The summed E-state index contributed by atoms with van der Waals surface area (Å²) in [6, 6.07) is 3.28. The Labute approximate surface area is 164 Å². The van der Waals surface area contributed by atoms with E-state index < -0.39 is 0 Å².